The lowest BCUT2D eigenvalue weighted by molar-refractivity contribution is 0.302. The number of aromatic nitrogens is 2. The van der Waals surface area contributed by atoms with Crippen molar-refractivity contribution in [3.63, 3.8) is 0 Å². The van der Waals surface area contributed by atoms with E-state index in [1.54, 1.807) is 12.4 Å². The van der Waals surface area contributed by atoms with Crippen LogP contribution in [-0.2, 0) is 8.23 Å². The minimum Gasteiger partial charge on any atom is -0.494 e. The molecule has 0 amide bonds. The van der Waals surface area contributed by atoms with E-state index in [0.717, 1.165) is 43.1 Å². The van der Waals surface area contributed by atoms with Crippen LogP contribution in [0.3, 0.4) is 0 Å². The van der Waals surface area contributed by atoms with E-state index in [0.29, 0.717) is 5.82 Å². The van der Waals surface area contributed by atoms with Crippen molar-refractivity contribution in [2.45, 2.75) is 155 Å². The van der Waals surface area contributed by atoms with Gasteiger partial charge >= 0.3 is 8.56 Å². The molecule has 1 aromatic carbocycles. The van der Waals surface area contributed by atoms with Crippen LogP contribution in [0.25, 0.3) is 11.4 Å². The fraction of sp³-hybridized carbons (Fsp3) is 0.722. The van der Waals surface area contributed by atoms with Crippen molar-refractivity contribution in [3.05, 3.63) is 36.7 Å². The van der Waals surface area contributed by atoms with Crippen molar-refractivity contribution < 1.29 is 17.7 Å². The molecule has 45 heavy (non-hydrogen) atoms. The number of unbranched alkanes of at least 4 members (excludes halogenated alkanes) is 13. The van der Waals surface area contributed by atoms with Crippen molar-refractivity contribution in [1.82, 2.24) is 9.97 Å². The van der Waals surface area contributed by atoms with Crippen LogP contribution >= 0.6 is 0 Å². The van der Waals surface area contributed by atoms with Crippen molar-refractivity contribution in [3.8, 4) is 22.9 Å². The predicted octanol–water partition coefficient (Wildman–Crippen LogP) is 11.5. The van der Waals surface area contributed by atoms with Crippen LogP contribution in [0.15, 0.2) is 36.7 Å². The third-order valence-corrected chi connectivity index (χ3v) is 17.9. The molecule has 0 saturated carbocycles. The monoisotopic (exact) mass is 674 g/mol. The summed E-state index contributed by atoms with van der Waals surface area (Å²) in [5.41, 5.74) is 0.988. The largest absolute Gasteiger partial charge is 0.494 e. The van der Waals surface area contributed by atoms with Crippen molar-refractivity contribution >= 4 is 25.2 Å². The van der Waals surface area contributed by atoms with Crippen molar-refractivity contribution in [2.75, 3.05) is 13.2 Å². The molecule has 0 aliphatic heterocycles. The topological polar surface area (TPSA) is 62.7 Å². The van der Waals surface area contributed by atoms with Crippen LogP contribution in [0.5, 0.6) is 11.5 Å². The Morgan fingerprint density at radius 3 is 1.51 bits per heavy atom. The first-order chi connectivity index (χ1) is 21.4. The molecule has 0 radical (unpaired) electrons. The SMILES string of the molecule is CCCCCCCCOc1ccc(-c2ncc(OCCCCCCCCCCC[Si](C)(C)O[Si](C)(C)O[Si](C)(C)C)cn2)cc1. The Labute approximate surface area is 280 Å². The van der Waals surface area contributed by atoms with Gasteiger partial charge in [-0.25, -0.2) is 9.97 Å². The van der Waals surface area contributed by atoms with E-state index in [2.05, 4.69) is 62.7 Å². The van der Waals surface area contributed by atoms with Crippen molar-refractivity contribution in [1.29, 1.82) is 0 Å². The molecule has 0 bridgehead atoms. The maximum Gasteiger partial charge on any atom is 0.311 e. The van der Waals surface area contributed by atoms with Gasteiger partial charge in [-0.3, -0.25) is 0 Å². The summed E-state index contributed by atoms with van der Waals surface area (Å²) in [5, 5.41) is 0. The average Bonchev–Trinajstić information content (AvgIpc) is 2.96. The Morgan fingerprint density at radius 1 is 0.533 bits per heavy atom. The van der Waals surface area contributed by atoms with E-state index in [4.69, 9.17) is 17.7 Å². The van der Waals surface area contributed by atoms with E-state index < -0.39 is 25.2 Å². The third kappa shape index (κ3) is 19.7. The van der Waals surface area contributed by atoms with E-state index in [1.807, 2.05) is 24.3 Å². The molecule has 6 nitrogen and oxygen atoms in total. The fourth-order valence-corrected chi connectivity index (χ4v) is 19.1. The first-order valence-electron chi connectivity index (χ1n) is 18.0. The quantitative estimate of drug-likeness (QED) is 0.0731. The summed E-state index contributed by atoms with van der Waals surface area (Å²) in [6.45, 7) is 19.7. The minimum absolute atomic E-state index is 0.710. The summed E-state index contributed by atoms with van der Waals surface area (Å²) in [7, 11) is -5.22. The zero-order chi connectivity index (χ0) is 33.0. The van der Waals surface area contributed by atoms with Gasteiger partial charge in [0.05, 0.1) is 25.6 Å². The first-order valence-corrected chi connectivity index (χ1v) is 27.3. The van der Waals surface area contributed by atoms with E-state index >= 15 is 0 Å². The highest BCUT2D eigenvalue weighted by Crippen LogP contribution is 2.25. The number of rotatable bonds is 26. The van der Waals surface area contributed by atoms with Gasteiger partial charge in [0.15, 0.2) is 28.2 Å². The van der Waals surface area contributed by atoms with Gasteiger partial charge in [0.2, 0.25) is 0 Å². The normalized spacial score (nSPS) is 12.4. The highest BCUT2D eigenvalue weighted by Gasteiger charge is 2.37. The van der Waals surface area contributed by atoms with Crippen LogP contribution in [-0.4, -0.2) is 48.4 Å². The highest BCUT2D eigenvalue weighted by atomic mass is 28.5. The number of hydrogen-bond acceptors (Lipinski definition) is 6. The Morgan fingerprint density at radius 2 is 1.00 bits per heavy atom. The van der Waals surface area contributed by atoms with Gasteiger partial charge in [0, 0.05) is 5.56 Å². The molecule has 0 unspecified atom stereocenters. The lowest BCUT2D eigenvalue weighted by Crippen LogP contribution is -2.51. The van der Waals surface area contributed by atoms with Crippen LogP contribution in [0.1, 0.15) is 103 Å². The molecule has 0 saturated heterocycles. The molecule has 2 rings (SSSR count). The zero-order valence-electron chi connectivity index (χ0n) is 30.2. The molecule has 0 fully saturated rings. The molecule has 0 aliphatic carbocycles. The lowest BCUT2D eigenvalue weighted by Gasteiger charge is -2.37. The van der Waals surface area contributed by atoms with Crippen LogP contribution in [0, 0.1) is 0 Å². The van der Waals surface area contributed by atoms with Gasteiger partial charge in [0.1, 0.15) is 5.75 Å². The molecular weight excluding hydrogens is 609 g/mol. The summed E-state index contributed by atoms with van der Waals surface area (Å²) in [4.78, 5) is 9.03. The molecule has 0 N–H and O–H groups in total. The van der Waals surface area contributed by atoms with Crippen molar-refractivity contribution in [2.24, 2.45) is 0 Å². The summed E-state index contributed by atoms with van der Waals surface area (Å²) in [6.07, 6.45) is 22.7. The number of nitrogens with zero attached hydrogens (tertiary/aromatic N) is 2. The van der Waals surface area contributed by atoms with E-state index in [9.17, 15) is 0 Å². The van der Waals surface area contributed by atoms with Crippen LogP contribution in [0.4, 0.5) is 0 Å². The Balaban J connectivity index is 1.48. The Hall–Kier alpha value is -1.53. The van der Waals surface area contributed by atoms with Gasteiger partial charge < -0.3 is 17.7 Å². The maximum atomic E-state index is 6.64. The minimum atomic E-state index is -2.01. The van der Waals surface area contributed by atoms with Gasteiger partial charge in [-0.05, 0) is 89.0 Å². The predicted molar refractivity (Wildman–Crippen MR) is 199 cm³/mol. The molecule has 256 valence electrons. The number of ether oxygens (including phenoxy) is 2. The molecular formula is C36H66N2O4Si3. The van der Waals surface area contributed by atoms with Gasteiger partial charge in [-0.15, -0.1) is 0 Å². The average molecular weight is 675 g/mol. The summed E-state index contributed by atoms with van der Waals surface area (Å²) >= 11 is 0. The summed E-state index contributed by atoms with van der Waals surface area (Å²) in [5.74, 6) is 2.36. The highest BCUT2D eigenvalue weighted by molar-refractivity contribution is 6.87. The Kier molecular flexibility index (Phi) is 18.8. The molecule has 0 atom stereocenters. The molecule has 0 aliphatic rings. The second-order valence-electron chi connectivity index (χ2n) is 14.6. The molecule has 0 spiro atoms. The van der Waals surface area contributed by atoms with Crippen LogP contribution in [0.2, 0.25) is 51.9 Å². The zero-order valence-corrected chi connectivity index (χ0v) is 33.2. The Bertz CT molecular complexity index is 1030. The van der Waals surface area contributed by atoms with Crippen LogP contribution < -0.4 is 9.47 Å². The summed E-state index contributed by atoms with van der Waals surface area (Å²) < 4.78 is 24.8. The fourth-order valence-electron chi connectivity index (χ4n) is 5.87. The number of benzene rings is 1. The van der Waals surface area contributed by atoms with E-state index in [1.165, 1.54) is 89.5 Å². The molecule has 1 heterocycles. The first kappa shape index (κ1) is 39.6. The smallest absolute Gasteiger partial charge is 0.311 e. The maximum absolute atomic E-state index is 6.64. The third-order valence-electron chi connectivity index (χ3n) is 7.77. The molecule has 9 heteroatoms. The van der Waals surface area contributed by atoms with Gasteiger partial charge in [-0.2, -0.15) is 0 Å². The number of hydrogen-bond donors (Lipinski definition) is 0. The molecule has 2 aromatic rings. The second kappa shape index (κ2) is 21.4. The standard InChI is InChI=1S/C36H66N2O4Si3/c1-9-10-11-12-18-21-28-39-34-26-24-33(25-27-34)36-37-31-35(32-38-36)40-29-22-19-16-14-13-15-17-20-23-30-44(5,6)42-45(7,8)41-43(2,3)4/h24-27,31-32H,9-23,28-30H2,1-8H3. The second-order valence-corrected chi connectivity index (χ2v) is 27.3. The lowest BCUT2D eigenvalue weighted by atomic mass is 10.1. The molecule has 1 aromatic heterocycles. The van der Waals surface area contributed by atoms with E-state index in [-0.39, 0.29) is 0 Å². The summed E-state index contributed by atoms with van der Waals surface area (Å²) in [6, 6.07) is 9.31. The van der Waals surface area contributed by atoms with Gasteiger partial charge in [-0.1, -0.05) is 90.4 Å². The van der Waals surface area contributed by atoms with Gasteiger partial charge in [0.25, 0.3) is 0 Å².